The number of halogens is 3. The maximum Gasteiger partial charge on any atom is 0.411 e. The molecule has 3 N–H and O–H groups in total. The zero-order valence-electron chi connectivity index (χ0n) is 13.5. The number of carbonyl (C=O) groups is 2. The van der Waals surface area contributed by atoms with Crippen molar-refractivity contribution in [1.82, 2.24) is 10.6 Å². The molecule has 7 nitrogen and oxygen atoms in total. The highest BCUT2D eigenvalue weighted by molar-refractivity contribution is 5.95. The number of urea groups is 2. The standard InChI is InChI=1S/C15H19F3N4O3/c1-10(8-25-9-15(16,17)18)20-13(23)21-11-3-2-4-12(7-11)22-6-5-19-14(22)24/h2-4,7,10H,5-6,8-9H2,1H3,(H,19,24)(H2,20,21,23). The second kappa shape index (κ2) is 8.06. The minimum absolute atomic E-state index is 0.211. The number of carbonyl (C=O) groups excluding carboxylic acids is 2. The first-order valence-electron chi connectivity index (χ1n) is 7.62. The van der Waals surface area contributed by atoms with Gasteiger partial charge in [-0.15, -0.1) is 0 Å². The molecule has 138 valence electrons. The molecule has 1 aromatic rings. The molecule has 0 radical (unpaired) electrons. The first-order valence-corrected chi connectivity index (χ1v) is 7.62. The van der Waals surface area contributed by atoms with Crippen molar-refractivity contribution in [2.45, 2.75) is 19.1 Å². The second-order valence-electron chi connectivity index (χ2n) is 5.56. The van der Waals surface area contributed by atoms with E-state index in [-0.39, 0.29) is 12.6 Å². The van der Waals surface area contributed by atoms with Crippen LogP contribution in [0, 0.1) is 0 Å². The number of amides is 4. The first-order chi connectivity index (χ1) is 11.7. The molecular formula is C15H19F3N4O3. The van der Waals surface area contributed by atoms with Crippen LogP contribution in [0.15, 0.2) is 24.3 Å². The highest BCUT2D eigenvalue weighted by Crippen LogP contribution is 2.21. The van der Waals surface area contributed by atoms with Crippen LogP contribution in [-0.4, -0.2) is 50.6 Å². The smallest absolute Gasteiger partial charge is 0.370 e. The Bertz CT molecular complexity index is 624. The summed E-state index contributed by atoms with van der Waals surface area (Å²) >= 11 is 0. The van der Waals surface area contributed by atoms with Crippen molar-refractivity contribution in [1.29, 1.82) is 0 Å². The molecule has 0 spiro atoms. The molecule has 0 saturated carbocycles. The topological polar surface area (TPSA) is 82.7 Å². The molecule has 0 aromatic heterocycles. The average Bonchev–Trinajstić information content (AvgIpc) is 2.92. The number of hydrogen-bond acceptors (Lipinski definition) is 3. The molecule has 2 rings (SSSR count). The number of hydrogen-bond donors (Lipinski definition) is 3. The molecule has 1 aliphatic heterocycles. The van der Waals surface area contributed by atoms with E-state index in [4.69, 9.17) is 0 Å². The van der Waals surface area contributed by atoms with Gasteiger partial charge in [0.2, 0.25) is 0 Å². The largest absolute Gasteiger partial charge is 0.411 e. The molecule has 1 fully saturated rings. The number of benzene rings is 1. The second-order valence-corrected chi connectivity index (χ2v) is 5.56. The van der Waals surface area contributed by atoms with Crippen molar-refractivity contribution < 1.29 is 27.5 Å². The van der Waals surface area contributed by atoms with Crippen molar-refractivity contribution in [2.24, 2.45) is 0 Å². The van der Waals surface area contributed by atoms with Gasteiger partial charge in [-0.25, -0.2) is 9.59 Å². The van der Waals surface area contributed by atoms with Crippen LogP contribution in [0.5, 0.6) is 0 Å². The first kappa shape index (κ1) is 18.8. The quantitative estimate of drug-likeness (QED) is 0.728. The molecule has 1 aliphatic rings. The predicted molar refractivity (Wildman–Crippen MR) is 85.7 cm³/mol. The fourth-order valence-corrected chi connectivity index (χ4v) is 2.25. The summed E-state index contributed by atoms with van der Waals surface area (Å²) in [6, 6.07) is 5.31. The molecule has 4 amide bonds. The molecule has 0 aliphatic carbocycles. The highest BCUT2D eigenvalue weighted by Gasteiger charge is 2.27. The van der Waals surface area contributed by atoms with Crippen LogP contribution in [0.25, 0.3) is 0 Å². The van der Waals surface area contributed by atoms with Crippen LogP contribution in [0.2, 0.25) is 0 Å². The molecule has 0 bridgehead atoms. The predicted octanol–water partition coefficient (Wildman–Crippen LogP) is 2.31. The Morgan fingerprint density at radius 3 is 2.84 bits per heavy atom. The normalized spacial score (nSPS) is 15.7. The van der Waals surface area contributed by atoms with Gasteiger partial charge >= 0.3 is 18.2 Å². The van der Waals surface area contributed by atoms with E-state index in [1.807, 2.05) is 0 Å². The third kappa shape index (κ3) is 6.14. The molecule has 1 aromatic carbocycles. The summed E-state index contributed by atoms with van der Waals surface area (Å²) in [5, 5.41) is 7.73. The zero-order chi connectivity index (χ0) is 18.4. The minimum Gasteiger partial charge on any atom is -0.370 e. The molecule has 1 atom stereocenters. The van der Waals surface area contributed by atoms with Gasteiger partial charge in [0.05, 0.1) is 12.6 Å². The van der Waals surface area contributed by atoms with Crippen LogP contribution in [-0.2, 0) is 4.74 Å². The van der Waals surface area contributed by atoms with Crippen LogP contribution in [0.4, 0.5) is 34.1 Å². The van der Waals surface area contributed by atoms with Gasteiger partial charge in [0, 0.05) is 24.5 Å². The van der Waals surface area contributed by atoms with Gasteiger partial charge in [-0.3, -0.25) is 4.90 Å². The number of rotatable bonds is 6. The maximum absolute atomic E-state index is 12.0. The van der Waals surface area contributed by atoms with E-state index in [2.05, 4.69) is 20.7 Å². The fraction of sp³-hybridized carbons (Fsp3) is 0.467. The van der Waals surface area contributed by atoms with Gasteiger partial charge in [0.25, 0.3) is 0 Å². The average molecular weight is 360 g/mol. The van der Waals surface area contributed by atoms with Crippen LogP contribution >= 0.6 is 0 Å². The molecule has 25 heavy (non-hydrogen) atoms. The summed E-state index contributed by atoms with van der Waals surface area (Å²) in [5.74, 6) is 0. The molecule has 1 unspecified atom stereocenters. The van der Waals surface area contributed by atoms with E-state index in [1.54, 1.807) is 24.3 Å². The highest BCUT2D eigenvalue weighted by atomic mass is 19.4. The Balaban J connectivity index is 1.83. The summed E-state index contributed by atoms with van der Waals surface area (Å²) in [4.78, 5) is 25.1. The third-order valence-electron chi connectivity index (χ3n) is 3.28. The zero-order valence-corrected chi connectivity index (χ0v) is 13.5. The van der Waals surface area contributed by atoms with Gasteiger partial charge in [-0.2, -0.15) is 13.2 Å². The van der Waals surface area contributed by atoms with Gasteiger partial charge in [-0.1, -0.05) is 6.07 Å². The van der Waals surface area contributed by atoms with Crippen molar-refractivity contribution in [3.8, 4) is 0 Å². The molecule has 1 saturated heterocycles. The lowest BCUT2D eigenvalue weighted by Gasteiger charge is -2.17. The SMILES string of the molecule is CC(COCC(F)(F)F)NC(=O)Nc1cccc(N2CCNC2=O)c1. The molecule has 10 heteroatoms. The Hall–Kier alpha value is -2.49. The van der Waals surface area contributed by atoms with Gasteiger partial charge in [0.15, 0.2) is 0 Å². The summed E-state index contributed by atoms with van der Waals surface area (Å²) in [6.07, 6.45) is -4.40. The Morgan fingerprint density at radius 1 is 1.44 bits per heavy atom. The Kier molecular flexibility index (Phi) is 6.07. The monoisotopic (exact) mass is 360 g/mol. The fourth-order valence-electron chi connectivity index (χ4n) is 2.25. The lowest BCUT2D eigenvalue weighted by molar-refractivity contribution is -0.174. The lowest BCUT2D eigenvalue weighted by atomic mass is 10.2. The summed E-state index contributed by atoms with van der Waals surface area (Å²) in [6.45, 7) is 0.983. The third-order valence-corrected chi connectivity index (χ3v) is 3.28. The van der Waals surface area contributed by atoms with Gasteiger partial charge in [0.1, 0.15) is 6.61 Å². The summed E-state index contributed by atoms with van der Waals surface area (Å²) < 4.78 is 40.5. The minimum atomic E-state index is -4.40. The van der Waals surface area contributed by atoms with Crippen molar-refractivity contribution in [3.63, 3.8) is 0 Å². The van der Waals surface area contributed by atoms with E-state index in [0.29, 0.717) is 24.5 Å². The maximum atomic E-state index is 12.0. The summed E-state index contributed by atoms with van der Waals surface area (Å²) in [7, 11) is 0. The van der Waals surface area contributed by atoms with E-state index in [1.165, 1.54) is 11.8 Å². The van der Waals surface area contributed by atoms with Crippen LogP contribution in [0.1, 0.15) is 6.92 Å². The van der Waals surface area contributed by atoms with Crippen LogP contribution in [0.3, 0.4) is 0 Å². The summed E-state index contributed by atoms with van der Waals surface area (Å²) in [5.41, 5.74) is 1.09. The van der Waals surface area contributed by atoms with Gasteiger partial charge < -0.3 is 20.7 Å². The van der Waals surface area contributed by atoms with E-state index in [0.717, 1.165) is 0 Å². The van der Waals surface area contributed by atoms with Crippen molar-refractivity contribution >= 4 is 23.4 Å². The van der Waals surface area contributed by atoms with Crippen LogP contribution < -0.4 is 20.9 Å². The van der Waals surface area contributed by atoms with E-state index < -0.39 is 24.9 Å². The number of nitrogens with zero attached hydrogens (tertiary/aromatic N) is 1. The number of nitrogens with one attached hydrogen (secondary N) is 3. The van der Waals surface area contributed by atoms with E-state index >= 15 is 0 Å². The van der Waals surface area contributed by atoms with E-state index in [9.17, 15) is 22.8 Å². The Labute approximate surface area is 142 Å². The lowest BCUT2D eigenvalue weighted by Crippen LogP contribution is -2.39. The number of ether oxygens (including phenoxy) is 1. The molecular weight excluding hydrogens is 341 g/mol. The van der Waals surface area contributed by atoms with Crippen molar-refractivity contribution in [2.75, 3.05) is 36.5 Å². The number of anilines is 2. The molecule has 1 heterocycles. The van der Waals surface area contributed by atoms with Crippen molar-refractivity contribution in [3.05, 3.63) is 24.3 Å². The van der Waals surface area contributed by atoms with Gasteiger partial charge in [-0.05, 0) is 25.1 Å². The number of alkyl halides is 3. The Morgan fingerprint density at radius 2 is 2.20 bits per heavy atom.